The number of nitrogens with one attached hydrogen (secondary N) is 2. The van der Waals surface area contributed by atoms with Crippen LogP contribution in [0.1, 0.15) is 34.8 Å². The van der Waals surface area contributed by atoms with Gasteiger partial charge in [0, 0.05) is 16.6 Å². The summed E-state index contributed by atoms with van der Waals surface area (Å²) in [4.78, 5) is 16.6. The number of carbonyl (C=O) groups is 1. The van der Waals surface area contributed by atoms with Crippen molar-refractivity contribution in [2.45, 2.75) is 19.4 Å². The van der Waals surface area contributed by atoms with Gasteiger partial charge in [-0.25, -0.2) is 4.98 Å². The van der Waals surface area contributed by atoms with Gasteiger partial charge in [-0.15, -0.1) is 11.3 Å². The quantitative estimate of drug-likeness (QED) is 0.586. The number of nitrogens with two attached hydrogens (primary N) is 1. The van der Waals surface area contributed by atoms with Gasteiger partial charge in [-0.1, -0.05) is 18.5 Å². The second-order valence-electron chi connectivity index (χ2n) is 4.14. The molecule has 0 aliphatic rings. The Bertz CT molecular complexity index is 588. The molecule has 1 heterocycles. The molecule has 0 radical (unpaired) electrons. The number of amides is 1. The van der Waals surface area contributed by atoms with E-state index in [1.165, 1.54) is 11.3 Å². The minimum atomic E-state index is -0.234. The van der Waals surface area contributed by atoms with Gasteiger partial charge in [0.15, 0.2) is 0 Å². The number of benzene rings is 1. The van der Waals surface area contributed by atoms with Gasteiger partial charge in [0.2, 0.25) is 0 Å². The van der Waals surface area contributed by atoms with Crippen LogP contribution in [0.5, 0.6) is 0 Å². The summed E-state index contributed by atoms with van der Waals surface area (Å²) < 4.78 is 0. The predicted octanol–water partition coefficient (Wildman–Crippen LogP) is 2.96. The van der Waals surface area contributed by atoms with Crippen LogP contribution in [0, 0.1) is 0 Å². The summed E-state index contributed by atoms with van der Waals surface area (Å²) in [5.74, 6) is 5.18. The molecule has 20 heavy (non-hydrogen) atoms. The Balaban J connectivity index is 2.21. The lowest BCUT2D eigenvalue weighted by Gasteiger charge is -2.16. The first kappa shape index (κ1) is 14.8. The molecule has 0 aliphatic carbocycles. The summed E-state index contributed by atoms with van der Waals surface area (Å²) in [6.07, 6.45) is 2.48. The first-order chi connectivity index (χ1) is 9.65. The molecule has 0 bridgehead atoms. The van der Waals surface area contributed by atoms with Gasteiger partial charge in [0.25, 0.3) is 5.91 Å². The fraction of sp³-hybridized carbons (Fsp3) is 0.231. The van der Waals surface area contributed by atoms with E-state index >= 15 is 0 Å². The molecule has 1 amide bonds. The molecule has 1 unspecified atom stereocenters. The van der Waals surface area contributed by atoms with Crippen LogP contribution in [0.2, 0.25) is 5.02 Å². The summed E-state index contributed by atoms with van der Waals surface area (Å²) >= 11 is 7.44. The van der Waals surface area contributed by atoms with Crippen molar-refractivity contribution >= 4 is 34.5 Å². The van der Waals surface area contributed by atoms with Gasteiger partial charge in [0.05, 0.1) is 17.3 Å². The SMILES string of the molecule is CCC(NC(=O)c1cc(Cl)ccc1NN)c1nccs1. The highest BCUT2D eigenvalue weighted by molar-refractivity contribution is 7.09. The fourth-order valence-corrected chi connectivity index (χ4v) is 2.76. The second kappa shape index (κ2) is 6.69. The van der Waals surface area contributed by atoms with Crippen molar-refractivity contribution in [2.75, 3.05) is 5.43 Å². The van der Waals surface area contributed by atoms with E-state index < -0.39 is 0 Å². The molecule has 0 spiro atoms. The summed E-state index contributed by atoms with van der Waals surface area (Å²) in [5.41, 5.74) is 3.44. The zero-order valence-corrected chi connectivity index (χ0v) is 12.5. The third-order valence-electron chi connectivity index (χ3n) is 2.84. The molecule has 4 N–H and O–H groups in total. The molecule has 0 saturated carbocycles. The summed E-state index contributed by atoms with van der Waals surface area (Å²) in [5, 5.41) is 6.19. The molecule has 106 valence electrons. The number of hydrazine groups is 1. The number of thiazole rings is 1. The van der Waals surface area contributed by atoms with Crippen molar-refractivity contribution in [2.24, 2.45) is 5.84 Å². The molecule has 0 saturated heterocycles. The topological polar surface area (TPSA) is 80.0 Å². The molecular formula is C13H15ClN4OS. The minimum Gasteiger partial charge on any atom is -0.343 e. The maximum absolute atomic E-state index is 12.4. The number of hydrogen-bond acceptors (Lipinski definition) is 5. The molecule has 0 fully saturated rings. The third kappa shape index (κ3) is 3.27. The van der Waals surface area contributed by atoms with Crippen molar-refractivity contribution in [3.05, 3.63) is 45.4 Å². The Morgan fingerprint density at radius 1 is 1.55 bits per heavy atom. The molecule has 1 aromatic heterocycles. The molecule has 2 rings (SSSR count). The van der Waals surface area contributed by atoms with Crippen LogP contribution in [0.25, 0.3) is 0 Å². The first-order valence-corrected chi connectivity index (χ1v) is 7.38. The van der Waals surface area contributed by atoms with Crippen LogP contribution in [-0.2, 0) is 0 Å². The van der Waals surface area contributed by atoms with Gasteiger partial charge in [-0.3, -0.25) is 10.6 Å². The van der Waals surface area contributed by atoms with Crippen molar-refractivity contribution in [3.8, 4) is 0 Å². The lowest BCUT2D eigenvalue weighted by Crippen LogP contribution is -2.29. The Labute approximate surface area is 126 Å². The van der Waals surface area contributed by atoms with Crippen LogP contribution in [0.3, 0.4) is 0 Å². The van der Waals surface area contributed by atoms with Crippen molar-refractivity contribution in [3.63, 3.8) is 0 Å². The average Bonchev–Trinajstić information content (AvgIpc) is 2.98. The number of aromatic nitrogens is 1. The number of nitrogens with zero attached hydrogens (tertiary/aromatic N) is 1. The standard InChI is InChI=1S/C13H15ClN4OS/c1-2-10(13-16-5-6-20-13)17-12(19)9-7-8(14)3-4-11(9)18-15/h3-7,10,18H,2,15H2,1H3,(H,17,19). The smallest absolute Gasteiger partial charge is 0.254 e. The summed E-state index contributed by atoms with van der Waals surface area (Å²) in [6, 6.07) is 4.81. The number of carbonyl (C=O) groups excluding carboxylic acids is 1. The average molecular weight is 311 g/mol. The van der Waals surface area contributed by atoms with Crippen molar-refractivity contribution in [1.82, 2.24) is 10.3 Å². The van der Waals surface area contributed by atoms with Crippen LogP contribution >= 0.6 is 22.9 Å². The van der Waals surface area contributed by atoms with E-state index in [2.05, 4.69) is 15.7 Å². The van der Waals surface area contributed by atoms with E-state index in [9.17, 15) is 4.79 Å². The monoisotopic (exact) mass is 310 g/mol. The molecule has 7 heteroatoms. The lowest BCUT2D eigenvalue weighted by atomic mass is 10.1. The largest absolute Gasteiger partial charge is 0.343 e. The van der Waals surface area contributed by atoms with Crippen molar-refractivity contribution < 1.29 is 4.79 Å². The van der Waals surface area contributed by atoms with E-state index in [-0.39, 0.29) is 11.9 Å². The van der Waals surface area contributed by atoms with E-state index in [1.807, 2.05) is 12.3 Å². The summed E-state index contributed by atoms with van der Waals surface area (Å²) in [6.45, 7) is 1.99. The van der Waals surface area contributed by atoms with Crippen molar-refractivity contribution in [1.29, 1.82) is 0 Å². The maximum Gasteiger partial charge on any atom is 0.254 e. The Morgan fingerprint density at radius 3 is 2.95 bits per heavy atom. The number of anilines is 1. The van der Waals surface area contributed by atoms with E-state index in [1.54, 1.807) is 24.4 Å². The van der Waals surface area contributed by atoms with E-state index in [0.717, 1.165) is 11.4 Å². The Morgan fingerprint density at radius 2 is 2.35 bits per heavy atom. The van der Waals surface area contributed by atoms with Crippen LogP contribution in [0.4, 0.5) is 5.69 Å². The Kier molecular flexibility index (Phi) is 4.94. The number of nitrogen functional groups attached to an aromatic ring is 1. The van der Waals surface area contributed by atoms with Gasteiger partial charge >= 0.3 is 0 Å². The predicted molar refractivity (Wildman–Crippen MR) is 81.9 cm³/mol. The second-order valence-corrected chi connectivity index (χ2v) is 5.50. The Hall–Kier alpha value is -1.63. The molecule has 1 aromatic carbocycles. The van der Waals surface area contributed by atoms with Crippen LogP contribution in [-0.4, -0.2) is 10.9 Å². The molecular weight excluding hydrogens is 296 g/mol. The zero-order valence-electron chi connectivity index (χ0n) is 10.9. The maximum atomic E-state index is 12.4. The molecule has 2 aromatic rings. The van der Waals surface area contributed by atoms with Gasteiger partial charge < -0.3 is 10.7 Å². The highest BCUT2D eigenvalue weighted by atomic mass is 35.5. The van der Waals surface area contributed by atoms with Crippen LogP contribution < -0.4 is 16.6 Å². The van der Waals surface area contributed by atoms with Gasteiger partial charge in [-0.05, 0) is 24.6 Å². The van der Waals surface area contributed by atoms with Gasteiger partial charge in [-0.2, -0.15) is 0 Å². The van der Waals surface area contributed by atoms with E-state index in [4.69, 9.17) is 17.4 Å². The summed E-state index contributed by atoms with van der Waals surface area (Å²) in [7, 11) is 0. The minimum absolute atomic E-state index is 0.118. The number of hydrogen-bond donors (Lipinski definition) is 3. The first-order valence-electron chi connectivity index (χ1n) is 6.12. The van der Waals surface area contributed by atoms with E-state index in [0.29, 0.717) is 16.3 Å². The highest BCUT2D eigenvalue weighted by Crippen LogP contribution is 2.23. The normalized spacial score (nSPS) is 11.9. The zero-order chi connectivity index (χ0) is 14.5. The highest BCUT2D eigenvalue weighted by Gasteiger charge is 2.18. The van der Waals surface area contributed by atoms with Gasteiger partial charge in [0.1, 0.15) is 5.01 Å². The fourth-order valence-electron chi connectivity index (χ4n) is 1.81. The number of halogens is 1. The molecule has 0 aliphatic heterocycles. The third-order valence-corrected chi connectivity index (χ3v) is 3.97. The van der Waals surface area contributed by atoms with Crippen LogP contribution in [0.15, 0.2) is 29.8 Å². The lowest BCUT2D eigenvalue weighted by molar-refractivity contribution is 0.0936. The molecule has 1 atom stereocenters. The molecule has 5 nitrogen and oxygen atoms in total. The number of rotatable bonds is 5.